The maximum absolute atomic E-state index is 4.90. The minimum atomic E-state index is 0. The van der Waals surface area contributed by atoms with Crippen LogP contribution in [0.15, 0.2) is 0 Å². The molecule has 0 aromatic rings. The molecule has 4 heteroatoms. The quantitative estimate of drug-likeness (QED) is 0.473. The summed E-state index contributed by atoms with van der Waals surface area (Å²) in [5, 5.41) is 0. The third-order valence-electron chi connectivity index (χ3n) is 0.167. The first-order valence-electron chi connectivity index (χ1n) is 1.32. The van der Waals surface area contributed by atoms with E-state index in [0.29, 0.717) is 13.1 Å². The second-order valence-corrected chi connectivity index (χ2v) is 0.577. The molecule has 0 atom stereocenters. The van der Waals surface area contributed by atoms with Gasteiger partial charge in [0, 0.05) is 13.1 Å². The Morgan fingerprint density at radius 2 is 1.17 bits per heavy atom. The fourth-order valence-electron chi connectivity index (χ4n) is 0. The normalized spacial score (nSPS) is 5.00. The maximum atomic E-state index is 4.90. The van der Waals surface area contributed by atoms with Gasteiger partial charge in [0.1, 0.15) is 0 Å². The first-order valence-corrected chi connectivity index (χ1v) is 1.32. The largest absolute Gasteiger partial charge is 2.00 e. The molecule has 0 saturated heterocycles. The van der Waals surface area contributed by atoms with Crippen LogP contribution in [0.3, 0.4) is 0 Å². The van der Waals surface area contributed by atoms with E-state index >= 15 is 0 Å². The van der Waals surface area contributed by atoms with Crippen LogP contribution in [-0.4, -0.2) is 18.6 Å². The van der Waals surface area contributed by atoms with E-state index in [1.165, 1.54) is 0 Å². The van der Waals surface area contributed by atoms with E-state index in [4.69, 9.17) is 11.5 Å². The molecule has 0 aromatic carbocycles. The van der Waals surface area contributed by atoms with Crippen LogP contribution in [0.25, 0.3) is 0 Å². The van der Waals surface area contributed by atoms with Crippen molar-refractivity contribution in [2.75, 3.05) is 13.1 Å². The second-order valence-electron chi connectivity index (χ2n) is 0.577. The molecule has 0 saturated carbocycles. The van der Waals surface area contributed by atoms with Gasteiger partial charge in [-0.1, -0.05) is 0 Å². The Labute approximate surface area is 57.5 Å². The third-order valence-corrected chi connectivity index (χ3v) is 0.167. The van der Waals surface area contributed by atoms with Crippen molar-refractivity contribution in [1.82, 2.24) is 0 Å². The van der Waals surface area contributed by atoms with Crippen LogP contribution in [0.1, 0.15) is 0 Å². The van der Waals surface area contributed by atoms with Crippen LogP contribution in [-0.2, 0) is 27.3 Å². The summed E-state index contributed by atoms with van der Waals surface area (Å²) in [5.41, 5.74) is 9.81. The molecular weight excluding hydrogens is 180 g/mol. The van der Waals surface area contributed by atoms with Crippen molar-refractivity contribution < 1.29 is 32.8 Å². The van der Waals surface area contributed by atoms with Crippen molar-refractivity contribution in [2.45, 2.75) is 0 Å². The predicted octanol–water partition coefficient (Wildman–Crippen LogP) is -1.92. The summed E-state index contributed by atoms with van der Waals surface area (Å²) in [7, 11) is 0. The molecule has 0 heterocycles. The van der Waals surface area contributed by atoms with Crippen molar-refractivity contribution in [3.05, 3.63) is 0 Å². The number of hydrogen-bond acceptors (Lipinski definition) is 2. The average molecular weight is 191 g/mol. The number of rotatable bonds is 1. The van der Waals surface area contributed by atoms with E-state index in [9.17, 15) is 0 Å². The van der Waals surface area contributed by atoms with Crippen molar-refractivity contribution in [3.63, 3.8) is 0 Å². The van der Waals surface area contributed by atoms with Crippen molar-refractivity contribution in [3.8, 4) is 0 Å². The zero-order valence-electron chi connectivity index (χ0n) is 3.78. The fraction of sp³-hybridized carbons (Fsp3) is 1.00. The SMILES string of the molecule is NCCN.O.[Cd+2]. The standard InChI is InChI=1S/C2H8N2.Cd.H2O/c3-1-2-4;;/h1-4H2;;1H2/q;+2;. The molecule has 0 unspecified atom stereocenters. The van der Waals surface area contributed by atoms with Gasteiger partial charge in [0.05, 0.1) is 0 Å². The predicted molar refractivity (Wildman–Crippen MR) is 21.7 cm³/mol. The zero-order chi connectivity index (χ0) is 3.41. The summed E-state index contributed by atoms with van der Waals surface area (Å²) in [6, 6.07) is 0. The molecule has 0 bridgehead atoms. The summed E-state index contributed by atoms with van der Waals surface area (Å²) in [5.74, 6) is 0. The van der Waals surface area contributed by atoms with Gasteiger partial charge in [0.15, 0.2) is 0 Å². The summed E-state index contributed by atoms with van der Waals surface area (Å²) < 4.78 is 0. The van der Waals surface area contributed by atoms with Crippen LogP contribution in [0.4, 0.5) is 0 Å². The third kappa shape index (κ3) is 21.4. The Bertz CT molecular complexity index is 13.5. The van der Waals surface area contributed by atoms with Crippen LogP contribution >= 0.6 is 0 Å². The molecule has 3 nitrogen and oxygen atoms in total. The van der Waals surface area contributed by atoms with E-state index in [1.54, 1.807) is 0 Å². The van der Waals surface area contributed by atoms with Crippen LogP contribution < -0.4 is 11.5 Å². The van der Waals surface area contributed by atoms with Crippen molar-refractivity contribution in [2.24, 2.45) is 11.5 Å². The molecule has 0 fully saturated rings. The molecule has 0 aliphatic rings. The Morgan fingerprint density at radius 3 is 1.17 bits per heavy atom. The van der Waals surface area contributed by atoms with E-state index in [1.807, 2.05) is 0 Å². The monoisotopic (exact) mass is 192 g/mol. The van der Waals surface area contributed by atoms with E-state index in [2.05, 4.69) is 0 Å². The van der Waals surface area contributed by atoms with E-state index in [0.717, 1.165) is 0 Å². The van der Waals surface area contributed by atoms with Gasteiger partial charge in [-0.05, 0) is 0 Å². The van der Waals surface area contributed by atoms with Crippen molar-refractivity contribution >= 4 is 0 Å². The Hall–Kier alpha value is 0.802. The van der Waals surface area contributed by atoms with Gasteiger partial charge in [-0.3, -0.25) is 0 Å². The van der Waals surface area contributed by atoms with Gasteiger partial charge in [0.25, 0.3) is 0 Å². The van der Waals surface area contributed by atoms with Crippen LogP contribution in [0.5, 0.6) is 0 Å². The summed E-state index contributed by atoms with van der Waals surface area (Å²) in [6.45, 7) is 1.19. The van der Waals surface area contributed by atoms with E-state index in [-0.39, 0.29) is 32.8 Å². The van der Waals surface area contributed by atoms with Gasteiger partial charge in [-0.25, -0.2) is 0 Å². The van der Waals surface area contributed by atoms with Crippen LogP contribution in [0, 0.1) is 0 Å². The number of hydrogen-bond donors (Lipinski definition) is 2. The molecule has 0 aliphatic carbocycles. The zero-order valence-corrected chi connectivity index (χ0v) is 7.81. The Balaban J connectivity index is -0.0000000450. The van der Waals surface area contributed by atoms with E-state index < -0.39 is 0 Å². The first kappa shape index (κ1) is 15.8. The minimum Gasteiger partial charge on any atom is -0.412 e. The van der Waals surface area contributed by atoms with Gasteiger partial charge >= 0.3 is 27.3 Å². The second kappa shape index (κ2) is 17.0. The molecular formula is C2H10CdN2O+2. The summed E-state index contributed by atoms with van der Waals surface area (Å²) in [4.78, 5) is 0. The van der Waals surface area contributed by atoms with Crippen LogP contribution in [0.2, 0.25) is 0 Å². The molecule has 0 radical (unpaired) electrons. The first-order chi connectivity index (χ1) is 1.91. The minimum absolute atomic E-state index is 0. The summed E-state index contributed by atoms with van der Waals surface area (Å²) in [6.07, 6.45) is 0. The average Bonchev–Trinajstić information content (AvgIpc) is 1.37. The summed E-state index contributed by atoms with van der Waals surface area (Å²) >= 11 is 0. The molecule has 0 rings (SSSR count). The fourth-order valence-corrected chi connectivity index (χ4v) is 0. The molecule has 0 aromatic heterocycles. The van der Waals surface area contributed by atoms with Gasteiger partial charge in [-0.2, -0.15) is 0 Å². The topological polar surface area (TPSA) is 83.5 Å². The maximum Gasteiger partial charge on any atom is 2.00 e. The Morgan fingerprint density at radius 1 is 1.00 bits per heavy atom. The number of nitrogens with two attached hydrogens (primary N) is 2. The van der Waals surface area contributed by atoms with Gasteiger partial charge in [0.2, 0.25) is 0 Å². The molecule has 6 N–H and O–H groups in total. The van der Waals surface area contributed by atoms with Gasteiger partial charge < -0.3 is 16.9 Å². The molecule has 0 spiro atoms. The molecule has 6 heavy (non-hydrogen) atoms. The van der Waals surface area contributed by atoms with Crippen molar-refractivity contribution in [1.29, 1.82) is 0 Å². The smallest absolute Gasteiger partial charge is 0.412 e. The van der Waals surface area contributed by atoms with Gasteiger partial charge in [-0.15, -0.1) is 0 Å². The molecule has 0 aliphatic heterocycles. The Kier molecular flexibility index (Phi) is 45.0. The molecule has 34 valence electrons. The molecule has 0 amide bonds.